The number of thioether (sulfide) groups is 2. The van der Waals surface area contributed by atoms with Crippen molar-refractivity contribution in [3.63, 3.8) is 0 Å². The van der Waals surface area contributed by atoms with Crippen LogP contribution in [-0.2, 0) is 11.0 Å². The Hall–Kier alpha value is -1.26. The Kier molecular flexibility index (Phi) is 7.82. The second-order valence-corrected chi connectivity index (χ2v) is 13.7. The van der Waals surface area contributed by atoms with Crippen molar-refractivity contribution in [2.24, 2.45) is 4.99 Å². The molecule has 0 spiro atoms. The van der Waals surface area contributed by atoms with E-state index in [1.807, 2.05) is 52.8 Å². The Balaban J connectivity index is 1.24. The third kappa shape index (κ3) is 5.53. The van der Waals surface area contributed by atoms with Crippen molar-refractivity contribution >= 4 is 68.1 Å². The summed E-state index contributed by atoms with van der Waals surface area (Å²) < 4.78 is 15.7. The van der Waals surface area contributed by atoms with Gasteiger partial charge >= 0.3 is 0 Å². The molecule has 1 saturated heterocycles. The summed E-state index contributed by atoms with van der Waals surface area (Å²) in [5.74, 6) is 3.54. The van der Waals surface area contributed by atoms with Crippen LogP contribution in [0.3, 0.4) is 0 Å². The number of nitrogens with one attached hydrogen (secondary N) is 2. The van der Waals surface area contributed by atoms with Gasteiger partial charge in [0.1, 0.15) is 4.21 Å². The monoisotopic (exact) mass is 518 g/mol. The highest BCUT2D eigenvalue weighted by Gasteiger charge is 2.21. The molecule has 2 atom stereocenters. The first kappa shape index (κ1) is 23.5. The van der Waals surface area contributed by atoms with E-state index < -0.39 is 11.0 Å². The topological polar surface area (TPSA) is 60.5 Å². The van der Waals surface area contributed by atoms with Gasteiger partial charge in [-0.3, -0.25) is 9.30 Å². The number of thiophene rings is 1. The fraction of sp³-hybridized carbons (Fsp3) is 0.458. The first-order chi connectivity index (χ1) is 16.2. The molecule has 5 rings (SSSR count). The lowest BCUT2D eigenvalue weighted by Crippen LogP contribution is -2.35. The van der Waals surface area contributed by atoms with Gasteiger partial charge in [-0.2, -0.15) is 23.5 Å². The van der Waals surface area contributed by atoms with Gasteiger partial charge in [0, 0.05) is 29.5 Å². The molecule has 2 unspecified atom stereocenters. The van der Waals surface area contributed by atoms with Gasteiger partial charge in [-0.05, 0) is 60.9 Å². The van der Waals surface area contributed by atoms with Gasteiger partial charge in [0.05, 0.1) is 29.2 Å². The van der Waals surface area contributed by atoms with Crippen LogP contribution in [0.15, 0.2) is 51.0 Å². The van der Waals surface area contributed by atoms with Gasteiger partial charge in [0.25, 0.3) is 0 Å². The minimum absolute atomic E-state index is 0.596. The molecule has 2 N–H and O–H groups in total. The van der Waals surface area contributed by atoms with E-state index in [0.29, 0.717) is 11.3 Å². The lowest BCUT2D eigenvalue weighted by atomic mass is 10.1. The van der Waals surface area contributed by atoms with Crippen LogP contribution in [0.5, 0.6) is 0 Å². The first-order valence-corrected chi connectivity index (χ1v) is 15.7. The van der Waals surface area contributed by atoms with E-state index >= 15 is 0 Å². The number of hydrogen-bond donors (Lipinski definition) is 2. The maximum Gasteiger partial charge on any atom is 0.163 e. The van der Waals surface area contributed by atoms with Crippen molar-refractivity contribution in [3.05, 3.63) is 47.5 Å². The molecular weight excluding hydrogens is 489 g/mol. The highest BCUT2D eigenvalue weighted by Crippen LogP contribution is 2.31. The Labute approximate surface area is 210 Å². The number of aromatic amines is 1. The molecule has 176 valence electrons. The van der Waals surface area contributed by atoms with E-state index in [2.05, 4.69) is 34.2 Å². The summed E-state index contributed by atoms with van der Waals surface area (Å²) in [6.07, 6.45) is 3.80. The van der Waals surface area contributed by atoms with Crippen molar-refractivity contribution in [1.82, 2.24) is 10.3 Å². The van der Waals surface area contributed by atoms with Crippen LogP contribution < -0.4 is 9.62 Å². The number of benzene rings is 1. The smallest absolute Gasteiger partial charge is 0.163 e. The van der Waals surface area contributed by atoms with Gasteiger partial charge in [-0.25, -0.2) is 4.21 Å². The highest BCUT2D eigenvalue weighted by atomic mass is 32.2. The molecule has 0 aliphatic carbocycles. The number of anilines is 1. The van der Waals surface area contributed by atoms with Crippen molar-refractivity contribution in [3.8, 4) is 0 Å². The van der Waals surface area contributed by atoms with Crippen molar-refractivity contribution in [2.75, 3.05) is 41.7 Å². The predicted octanol–water partition coefficient (Wildman–Crippen LogP) is 5.17. The van der Waals surface area contributed by atoms with E-state index in [1.54, 1.807) is 0 Å². The van der Waals surface area contributed by atoms with E-state index in [-0.39, 0.29) is 0 Å². The molecule has 0 bridgehead atoms. The summed E-state index contributed by atoms with van der Waals surface area (Å²) >= 11 is 5.63. The molecule has 9 heteroatoms. The summed E-state index contributed by atoms with van der Waals surface area (Å²) in [4.78, 5) is 8.54. The summed E-state index contributed by atoms with van der Waals surface area (Å²) in [6.45, 7) is 1.98. The first-order valence-electron chi connectivity index (χ1n) is 11.5. The Morgan fingerprint density at radius 1 is 1.24 bits per heavy atom. The van der Waals surface area contributed by atoms with Crippen LogP contribution in [0.4, 0.5) is 5.69 Å². The van der Waals surface area contributed by atoms with Gasteiger partial charge in [-0.1, -0.05) is 18.2 Å². The molecule has 1 aromatic carbocycles. The molecule has 2 aliphatic rings. The predicted molar refractivity (Wildman–Crippen MR) is 148 cm³/mol. The molecule has 33 heavy (non-hydrogen) atoms. The van der Waals surface area contributed by atoms with Gasteiger partial charge < -0.3 is 10.3 Å². The number of aromatic nitrogens is 1. The van der Waals surface area contributed by atoms with Crippen LogP contribution in [0.25, 0.3) is 10.9 Å². The summed E-state index contributed by atoms with van der Waals surface area (Å²) in [5.41, 5.74) is 4.18. The maximum absolute atomic E-state index is 13.0. The normalized spacial score (nSPS) is 20.6. The number of nitrogens with zero attached hydrogens (tertiary/aromatic N) is 2. The number of fused-ring (bicyclic) bond motifs is 1. The average Bonchev–Trinajstić information content (AvgIpc) is 3.54. The highest BCUT2D eigenvalue weighted by molar-refractivity contribution is 8.00. The van der Waals surface area contributed by atoms with Crippen LogP contribution in [0, 0.1) is 0 Å². The zero-order chi connectivity index (χ0) is 22.6. The largest absolute Gasteiger partial charge is 0.352 e. The number of H-pyrrole nitrogens is 1. The minimum atomic E-state index is -1.22. The molecule has 0 saturated carbocycles. The minimum Gasteiger partial charge on any atom is -0.352 e. The Morgan fingerprint density at radius 3 is 2.88 bits per heavy atom. The quantitative estimate of drug-likeness (QED) is 0.432. The molecule has 1 fully saturated rings. The summed E-state index contributed by atoms with van der Waals surface area (Å²) in [7, 11) is 0.673. The molecule has 2 aromatic heterocycles. The molecule has 5 nitrogen and oxygen atoms in total. The SMILES string of the molecule is CN(c1cccc2cc(C3=NCC(CCNC4CCSCC4)SC3)[nH]c12)S(=O)c1cccs1. The van der Waals surface area contributed by atoms with E-state index in [4.69, 9.17) is 4.99 Å². The van der Waals surface area contributed by atoms with Crippen LogP contribution in [0.1, 0.15) is 25.0 Å². The average molecular weight is 519 g/mol. The molecule has 0 radical (unpaired) electrons. The standard InChI is InChI=1S/C24H30N4OS4/c1-28(33(29)23-6-3-11-31-23)22-5-2-4-17-14-20(27-24(17)22)21-16-32-19(15-26-21)7-10-25-18-8-12-30-13-9-18/h2-6,11,14,18-19,25,27H,7-10,12-13,15-16H2,1H3. The van der Waals surface area contributed by atoms with Crippen molar-refractivity contribution in [2.45, 2.75) is 34.8 Å². The van der Waals surface area contributed by atoms with Crippen LogP contribution >= 0.6 is 34.9 Å². The Bertz CT molecular complexity index is 1120. The lowest BCUT2D eigenvalue weighted by molar-refractivity contribution is 0.475. The molecule has 0 amide bonds. The fourth-order valence-corrected chi connectivity index (χ4v) is 8.63. The second kappa shape index (κ2) is 11.0. The second-order valence-electron chi connectivity index (χ2n) is 8.45. The van der Waals surface area contributed by atoms with E-state index in [9.17, 15) is 4.21 Å². The molecule has 3 aromatic rings. The molecule has 4 heterocycles. The lowest BCUT2D eigenvalue weighted by Gasteiger charge is -2.25. The van der Waals surface area contributed by atoms with Crippen LogP contribution in [0.2, 0.25) is 0 Å². The number of hydrogen-bond acceptors (Lipinski definition) is 6. The summed E-state index contributed by atoms with van der Waals surface area (Å²) in [5, 5.41) is 7.44. The molecular formula is C24H30N4OS4. The Morgan fingerprint density at radius 2 is 2.12 bits per heavy atom. The zero-order valence-corrected chi connectivity index (χ0v) is 22.1. The number of aliphatic imine (C=N–C) groups is 1. The van der Waals surface area contributed by atoms with Crippen LogP contribution in [-0.4, -0.2) is 63.6 Å². The van der Waals surface area contributed by atoms with Gasteiger partial charge in [0.15, 0.2) is 11.0 Å². The third-order valence-electron chi connectivity index (χ3n) is 6.26. The van der Waals surface area contributed by atoms with Gasteiger partial charge in [-0.15, -0.1) is 11.3 Å². The van der Waals surface area contributed by atoms with E-state index in [1.165, 1.54) is 42.1 Å². The summed E-state index contributed by atoms with van der Waals surface area (Å²) in [6, 6.07) is 12.9. The zero-order valence-electron chi connectivity index (χ0n) is 18.8. The third-order valence-corrected chi connectivity index (χ3v) is 11.2. The number of rotatable bonds is 8. The van der Waals surface area contributed by atoms with Crippen molar-refractivity contribution < 1.29 is 4.21 Å². The van der Waals surface area contributed by atoms with Gasteiger partial charge in [0.2, 0.25) is 0 Å². The van der Waals surface area contributed by atoms with E-state index in [0.717, 1.165) is 51.0 Å². The molecule has 2 aliphatic heterocycles. The fourth-order valence-electron chi connectivity index (χ4n) is 4.34. The van der Waals surface area contributed by atoms with Crippen molar-refractivity contribution in [1.29, 1.82) is 0 Å². The number of para-hydroxylation sites is 1. The maximum atomic E-state index is 13.0.